The maximum absolute atomic E-state index is 14.5. The molecule has 2 bridgehead atoms. The minimum atomic E-state index is -2.25. The van der Waals surface area contributed by atoms with Crippen LogP contribution in [0.2, 0.25) is 0 Å². The van der Waals surface area contributed by atoms with Crippen LogP contribution in [0.4, 0.5) is 0 Å². The Balaban J connectivity index is 1.36. The van der Waals surface area contributed by atoms with Crippen molar-refractivity contribution in [3.8, 4) is 0 Å². The van der Waals surface area contributed by atoms with Crippen molar-refractivity contribution in [2.45, 2.75) is 169 Å². The zero-order valence-electron chi connectivity index (χ0n) is 41.5. The van der Waals surface area contributed by atoms with E-state index in [0.29, 0.717) is 39.4 Å². The molecular weight excluding hydrogens is 939 g/mol. The van der Waals surface area contributed by atoms with Gasteiger partial charge in [-0.3, -0.25) is 14.5 Å². The Kier molecular flexibility index (Phi) is 24.4. The van der Waals surface area contributed by atoms with Gasteiger partial charge in [-0.1, -0.05) is 92.0 Å². The summed E-state index contributed by atoms with van der Waals surface area (Å²) in [6, 6.07) is -0.837. The van der Waals surface area contributed by atoms with E-state index in [0.717, 1.165) is 0 Å². The van der Waals surface area contributed by atoms with E-state index >= 15 is 0 Å². The molecule has 5 aliphatic rings. The van der Waals surface area contributed by atoms with Crippen LogP contribution in [0.25, 0.3) is 0 Å². The van der Waals surface area contributed by atoms with Crippen molar-refractivity contribution < 1.29 is 84.3 Å². The van der Waals surface area contributed by atoms with Crippen LogP contribution in [0.15, 0.2) is 85.1 Å². The second-order valence-corrected chi connectivity index (χ2v) is 19.9. The number of piperazine rings is 1. The number of amides is 1. The minimum Gasteiger partial charge on any atom is -0.462 e. The fraction of sp³-hybridized carbons (Fsp3) is 0.692. The quantitative estimate of drug-likeness (QED) is 0.159. The second-order valence-electron chi connectivity index (χ2n) is 19.9. The molecule has 406 valence electrons. The highest BCUT2D eigenvalue weighted by atomic mass is 16.7. The number of aliphatic hydroxyl groups excluding tert-OH is 9. The Bertz CT molecular complexity index is 1870. The third-order valence-corrected chi connectivity index (χ3v) is 13.8. The van der Waals surface area contributed by atoms with Crippen molar-refractivity contribution in [1.82, 2.24) is 9.80 Å². The number of ether oxygens (including phenoxy) is 5. The van der Waals surface area contributed by atoms with E-state index in [1.165, 1.54) is 0 Å². The molecule has 0 aliphatic carbocycles. The van der Waals surface area contributed by atoms with Crippen LogP contribution in [0.3, 0.4) is 0 Å². The van der Waals surface area contributed by atoms with E-state index in [1.54, 1.807) is 54.4 Å². The predicted molar refractivity (Wildman–Crippen MR) is 263 cm³/mol. The number of nitrogens with zero attached hydrogens (tertiary/aromatic N) is 2. The normalized spacial score (nSPS) is 43.0. The van der Waals surface area contributed by atoms with Gasteiger partial charge in [0.25, 0.3) is 0 Å². The minimum absolute atomic E-state index is 0.0864. The molecule has 1 amide bonds. The number of hydrogen-bond donors (Lipinski definition) is 11. The smallest absolute Gasteiger partial charge is 0.308 e. The van der Waals surface area contributed by atoms with Gasteiger partial charge in [0.2, 0.25) is 5.91 Å². The first kappa shape index (κ1) is 59.4. The van der Waals surface area contributed by atoms with E-state index in [9.17, 15) is 60.7 Å². The third-order valence-electron chi connectivity index (χ3n) is 13.8. The van der Waals surface area contributed by atoms with E-state index < -0.39 is 135 Å². The summed E-state index contributed by atoms with van der Waals surface area (Å²) in [6.45, 7) is 6.36. The fourth-order valence-electron chi connectivity index (χ4n) is 9.44. The maximum Gasteiger partial charge on any atom is 0.308 e. The maximum atomic E-state index is 14.5. The zero-order chi connectivity index (χ0) is 52.4. The lowest BCUT2D eigenvalue weighted by Gasteiger charge is -2.48. The number of esters is 1. The first-order valence-corrected chi connectivity index (χ1v) is 25.4. The summed E-state index contributed by atoms with van der Waals surface area (Å²) in [6.07, 6.45) is 6.30. The number of rotatable bonds is 4. The summed E-state index contributed by atoms with van der Waals surface area (Å²) in [7, 11) is 0. The summed E-state index contributed by atoms with van der Waals surface area (Å²) in [4.78, 5) is 30.9. The highest BCUT2D eigenvalue weighted by molar-refractivity contribution is 5.80. The molecule has 17 atom stereocenters. The van der Waals surface area contributed by atoms with Crippen LogP contribution in [0.5, 0.6) is 0 Å². The molecule has 0 aromatic rings. The van der Waals surface area contributed by atoms with Crippen molar-refractivity contribution in [2.75, 3.05) is 46.0 Å². The number of aliphatic hydroxyl groups is 10. The SMILES string of the molecule is C[C@H]1C[C@H](O)[C@@H](C)/C=C/C=C/C=C/C=C/C=C/C=C/C=C/C(O[C@@H]2OC[C@@H](O)[C@H](N)[C@@H]2O)C[C@@H]2OC(O)(CC(O)CC(O)C(O)CCC(O)CC(O)CC(=O)O1)C[C@H](O)C2C(=O)N1CCN(C2COC2)CC1. The number of allylic oxidation sites excluding steroid dienone is 12. The molecule has 20 heteroatoms. The molecule has 0 aromatic carbocycles. The van der Waals surface area contributed by atoms with Gasteiger partial charge in [0, 0.05) is 64.2 Å². The molecule has 12 N–H and O–H groups in total. The van der Waals surface area contributed by atoms with Crippen molar-refractivity contribution in [1.29, 1.82) is 0 Å². The molecule has 20 nitrogen and oxygen atoms in total. The van der Waals surface area contributed by atoms with Gasteiger partial charge in [-0.2, -0.15) is 0 Å². The average Bonchev–Trinajstić information content (AvgIpc) is 3.29. The number of carbonyl (C=O) groups excluding carboxylic acids is 2. The molecule has 5 heterocycles. The molecule has 4 saturated heterocycles. The van der Waals surface area contributed by atoms with Gasteiger partial charge in [0.1, 0.15) is 12.2 Å². The Morgan fingerprint density at radius 1 is 0.667 bits per heavy atom. The van der Waals surface area contributed by atoms with Gasteiger partial charge in [-0.25, -0.2) is 0 Å². The summed E-state index contributed by atoms with van der Waals surface area (Å²) in [5.74, 6) is -4.86. The summed E-state index contributed by atoms with van der Waals surface area (Å²) >= 11 is 0. The molecule has 0 radical (unpaired) electrons. The standard InChI is InChI=1S/C52H81N3O17/c1-33-15-13-11-9-7-5-3-4-6-8-10-12-14-16-39(71-51-49(65)48(53)44(63)32-69-51)27-45-47(50(66)55-21-19-54(20-22-55)35-30-68-31-35)43(62)29-52(67,72-45)28-38(58)25-42(61)40(59)18-17-36(56)24-37(57)26-46(64)70-34(2)23-41(33)60/h3-16,33-45,47-49,51,56-63,65,67H,17-32,53H2,1-2H3/b4-3+,7-5+,8-6+,11-9+,12-10+,15-13+,16-14+/t33-,34-,36?,37?,38?,39?,40?,41-,42?,43-,44+,45-,47?,48-,49-,51-,52?/m0/s1. The van der Waals surface area contributed by atoms with Crippen molar-refractivity contribution in [2.24, 2.45) is 17.6 Å². The summed E-state index contributed by atoms with van der Waals surface area (Å²) in [5.41, 5.74) is 6.06. The van der Waals surface area contributed by atoms with Gasteiger partial charge < -0.3 is 85.4 Å². The fourth-order valence-corrected chi connectivity index (χ4v) is 9.44. The lowest BCUT2D eigenvalue weighted by Crippen LogP contribution is -2.62. The lowest BCUT2D eigenvalue weighted by atomic mass is 9.81. The van der Waals surface area contributed by atoms with Crippen molar-refractivity contribution in [3.05, 3.63) is 85.1 Å². The van der Waals surface area contributed by atoms with Crippen molar-refractivity contribution >= 4 is 11.9 Å². The number of fused-ring (bicyclic) bond motifs is 2. The Morgan fingerprint density at radius 3 is 1.89 bits per heavy atom. The predicted octanol–water partition coefficient (Wildman–Crippen LogP) is -0.464. The number of nitrogens with two attached hydrogens (primary N) is 1. The van der Waals surface area contributed by atoms with Gasteiger partial charge in [0.15, 0.2) is 12.1 Å². The summed E-state index contributed by atoms with van der Waals surface area (Å²) < 4.78 is 29.0. The van der Waals surface area contributed by atoms with Crippen LogP contribution >= 0.6 is 0 Å². The first-order valence-electron chi connectivity index (χ1n) is 25.4. The monoisotopic (exact) mass is 1020 g/mol. The van der Waals surface area contributed by atoms with Gasteiger partial charge in [0.05, 0.1) is 105 Å². The Morgan fingerprint density at radius 2 is 1.28 bits per heavy atom. The van der Waals surface area contributed by atoms with Crippen LogP contribution in [-0.4, -0.2) is 216 Å². The third kappa shape index (κ3) is 19.0. The molecule has 0 spiro atoms. The number of cyclic esters (lactones) is 1. The number of hydrogen-bond acceptors (Lipinski definition) is 19. The first-order chi connectivity index (χ1) is 34.3. The van der Waals surface area contributed by atoms with Crippen molar-refractivity contribution in [3.63, 3.8) is 0 Å². The Labute approximate surface area is 422 Å². The molecule has 5 rings (SSSR count). The van der Waals surface area contributed by atoms with Crippen LogP contribution in [0.1, 0.15) is 71.6 Å². The summed E-state index contributed by atoms with van der Waals surface area (Å²) in [5, 5.41) is 110. The molecule has 5 aliphatic heterocycles. The zero-order valence-corrected chi connectivity index (χ0v) is 41.5. The number of carbonyl (C=O) groups is 2. The molecule has 0 aromatic heterocycles. The van der Waals surface area contributed by atoms with E-state index in [-0.39, 0.29) is 50.7 Å². The van der Waals surface area contributed by atoms with Gasteiger partial charge in [-0.15, -0.1) is 0 Å². The van der Waals surface area contributed by atoms with Crippen LogP contribution in [-0.2, 0) is 33.3 Å². The van der Waals surface area contributed by atoms with E-state index in [2.05, 4.69) is 4.90 Å². The highest BCUT2D eigenvalue weighted by Gasteiger charge is 2.52. The molecule has 0 saturated carbocycles. The van der Waals surface area contributed by atoms with Gasteiger partial charge in [-0.05, 0) is 26.2 Å². The highest BCUT2D eigenvalue weighted by Crippen LogP contribution is 2.39. The van der Waals surface area contributed by atoms with Gasteiger partial charge >= 0.3 is 5.97 Å². The largest absolute Gasteiger partial charge is 0.462 e. The van der Waals surface area contributed by atoms with E-state index in [1.807, 2.05) is 49.5 Å². The molecule has 8 unspecified atom stereocenters. The molecule has 72 heavy (non-hydrogen) atoms. The second kappa shape index (κ2) is 29.5. The molecule has 4 fully saturated rings. The molecular formula is C52H81N3O17. The topological polar surface area (TPSA) is 315 Å². The van der Waals surface area contributed by atoms with E-state index in [4.69, 9.17) is 29.4 Å². The Hall–Kier alpha value is -3.52. The average molecular weight is 1020 g/mol. The lowest BCUT2D eigenvalue weighted by molar-refractivity contribution is -0.305. The van der Waals surface area contributed by atoms with Crippen LogP contribution in [0, 0.1) is 11.8 Å². The van der Waals surface area contributed by atoms with Crippen LogP contribution < -0.4 is 5.73 Å².